The normalized spacial score (nSPS) is 16.7. The molecule has 0 saturated heterocycles. The number of carbonyl (C=O) groups is 1. The first kappa shape index (κ1) is 19.4. The van der Waals surface area contributed by atoms with Gasteiger partial charge in [-0.05, 0) is 44.1 Å². The third-order valence-electron chi connectivity index (χ3n) is 4.88. The highest BCUT2D eigenvalue weighted by Crippen LogP contribution is 2.36. The molecule has 0 spiro atoms. The lowest BCUT2D eigenvalue weighted by molar-refractivity contribution is -0.118. The van der Waals surface area contributed by atoms with E-state index in [4.69, 9.17) is 4.98 Å². The molecule has 1 N–H and O–H groups in total. The first-order valence-corrected chi connectivity index (χ1v) is 11.3. The molecule has 5 nitrogen and oxygen atoms in total. The molecule has 2 aromatic heterocycles. The van der Waals surface area contributed by atoms with Gasteiger partial charge in [0.25, 0.3) is 5.56 Å². The molecule has 0 aliphatic heterocycles. The van der Waals surface area contributed by atoms with E-state index in [2.05, 4.69) is 19.2 Å². The predicted molar refractivity (Wildman–Crippen MR) is 109 cm³/mol. The number of amides is 1. The van der Waals surface area contributed by atoms with Gasteiger partial charge in [0.1, 0.15) is 4.83 Å². The third-order valence-corrected chi connectivity index (χ3v) is 7.01. The van der Waals surface area contributed by atoms with Crippen LogP contribution < -0.4 is 10.9 Å². The number of thioether (sulfide) groups is 1. The molecular formula is C19H27N3O2S2. The first-order valence-electron chi connectivity index (χ1n) is 9.49. The lowest BCUT2D eigenvalue weighted by Gasteiger charge is -2.17. The van der Waals surface area contributed by atoms with E-state index < -0.39 is 0 Å². The van der Waals surface area contributed by atoms with Crippen LogP contribution in [0.2, 0.25) is 0 Å². The van der Waals surface area contributed by atoms with Crippen LogP contribution in [0.4, 0.5) is 0 Å². The standard InChI is InChI=1S/C19H27N3O2S2/c1-4-6-9-20-15(23)11-25-19-21-17-16(18(24)22(19)5-2)13-8-7-12(3)10-14(13)26-17/h12H,4-11H2,1-3H3,(H,20,23)/t12-/m0/s1. The van der Waals surface area contributed by atoms with E-state index in [0.29, 0.717) is 29.9 Å². The van der Waals surface area contributed by atoms with E-state index in [9.17, 15) is 9.59 Å². The summed E-state index contributed by atoms with van der Waals surface area (Å²) in [7, 11) is 0. The first-order chi connectivity index (χ1) is 12.5. The second-order valence-corrected chi connectivity index (χ2v) is 8.99. The Morgan fingerprint density at radius 2 is 2.23 bits per heavy atom. The molecule has 2 heterocycles. The van der Waals surface area contributed by atoms with Crippen molar-refractivity contribution in [1.82, 2.24) is 14.9 Å². The molecule has 7 heteroatoms. The van der Waals surface area contributed by atoms with Gasteiger partial charge < -0.3 is 5.32 Å². The minimum absolute atomic E-state index is 0.000234. The monoisotopic (exact) mass is 393 g/mol. The number of rotatable bonds is 7. The Bertz CT molecular complexity index is 857. The smallest absolute Gasteiger partial charge is 0.263 e. The van der Waals surface area contributed by atoms with Crippen molar-refractivity contribution in [1.29, 1.82) is 0 Å². The zero-order chi connectivity index (χ0) is 18.7. The molecule has 26 heavy (non-hydrogen) atoms. The van der Waals surface area contributed by atoms with Crippen molar-refractivity contribution in [2.24, 2.45) is 5.92 Å². The van der Waals surface area contributed by atoms with E-state index in [0.717, 1.165) is 42.3 Å². The summed E-state index contributed by atoms with van der Waals surface area (Å²) in [5.41, 5.74) is 1.27. The predicted octanol–water partition coefficient (Wildman–Crippen LogP) is 3.61. The number of aromatic nitrogens is 2. The average molecular weight is 394 g/mol. The van der Waals surface area contributed by atoms with Gasteiger partial charge in [0.2, 0.25) is 5.91 Å². The number of hydrogen-bond donors (Lipinski definition) is 1. The third kappa shape index (κ3) is 3.98. The van der Waals surface area contributed by atoms with Crippen molar-refractivity contribution >= 4 is 39.2 Å². The molecule has 3 rings (SSSR count). The molecule has 1 atom stereocenters. The van der Waals surface area contributed by atoms with Crippen LogP contribution in [0.1, 0.15) is 50.5 Å². The van der Waals surface area contributed by atoms with E-state index in [-0.39, 0.29) is 11.5 Å². The highest BCUT2D eigenvalue weighted by Gasteiger charge is 2.24. The van der Waals surface area contributed by atoms with Crippen molar-refractivity contribution < 1.29 is 4.79 Å². The molecule has 0 bridgehead atoms. The van der Waals surface area contributed by atoms with Crippen LogP contribution in [0, 0.1) is 5.92 Å². The summed E-state index contributed by atoms with van der Waals surface area (Å²) in [6, 6.07) is 0. The Labute approximate surface area is 162 Å². The molecule has 0 aromatic carbocycles. The van der Waals surface area contributed by atoms with Crippen molar-refractivity contribution in [3.8, 4) is 0 Å². The van der Waals surface area contributed by atoms with Crippen LogP contribution in [0.5, 0.6) is 0 Å². The van der Waals surface area contributed by atoms with Crippen LogP contribution >= 0.6 is 23.1 Å². The van der Waals surface area contributed by atoms with Crippen LogP contribution in [0.15, 0.2) is 9.95 Å². The van der Waals surface area contributed by atoms with E-state index >= 15 is 0 Å². The van der Waals surface area contributed by atoms with Crippen molar-refractivity contribution in [2.45, 2.75) is 64.6 Å². The number of hydrogen-bond acceptors (Lipinski definition) is 5. The maximum absolute atomic E-state index is 13.1. The summed E-state index contributed by atoms with van der Waals surface area (Å²) in [4.78, 5) is 32.0. The van der Waals surface area contributed by atoms with Crippen LogP contribution in [0.3, 0.4) is 0 Å². The quantitative estimate of drug-likeness (QED) is 0.443. The average Bonchev–Trinajstić information content (AvgIpc) is 2.97. The summed E-state index contributed by atoms with van der Waals surface area (Å²) < 4.78 is 1.72. The van der Waals surface area contributed by atoms with Gasteiger partial charge in [-0.3, -0.25) is 14.2 Å². The summed E-state index contributed by atoms with van der Waals surface area (Å²) in [6.45, 7) is 7.60. The van der Waals surface area contributed by atoms with Crippen LogP contribution in [-0.4, -0.2) is 27.8 Å². The van der Waals surface area contributed by atoms with Gasteiger partial charge in [0.05, 0.1) is 11.1 Å². The minimum atomic E-state index is -0.000234. The second-order valence-electron chi connectivity index (χ2n) is 6.97. The SMILES string of the molecule is CCCCNC(=O)CSc1nc2sc3c(c2c(=O)n1CC)CC[C@H](C)C3. The lowest BCUT2D eigenvalue weighted by atomic mass is 9.89. The van der Waals surface area contributed by atoms with Gasteiger partial charge in [0.15, 0.2) is 5.16 Å². The van der Waals surface area contributed by atoms with Crippen molar-refractivity contribution in [3.63, 3.8) is 0 Å². The lowest BCUT2D eigenvalue weighted by Crippen LogP contribution is -2.27. The Morgan fingerprint density at radius 1 is 1.42 bits per heavy atom. The number of nitrogens with zero attached hydrogens (tertiary/aromatic N) is 2. The van der Waals surface area contributed by atoms with Crippen molar-refractivity contribution in [2.75, 3.05) is 12.3 Å². The number of fused-ring (bicyclic) bond motifs is 3. The zero-order valence-electron chi connectivity index (χ0n) is 15.8. The number of aryl methyl sites for hydroxylation is 1. The minimum Gasteiger partial charge on any atom is -0.355 e. The summed E-state index contributed by atoms with van der Waals surface area (Å²) in [5, 5.41) is 4.39. The fourth-order valence-electron chi connectivity index (χ4n) is 3.38. The number of carbonyl (C=O) groups excluding carboxylic acids is 1. The highest BCUT2D eigenvalue weighted by atomic mass is 32.2. The summed E-state index contributed by atoms with van der Waals surface area (Å²) >= 11 is 3.02. The van der Waals surface area contributed by atoms with Crippen molar-refractivity contribution in [3.05, 3.63) is 20.8 Å². The number of unbranched alkanes of at least 4 members (excludes halogenated alkanes) is 1. The fourth-order valence-corrected chi connectivity index (χ4v) is 5.70. The van der Waals surface area contributed by atoms with Gasteiger partial charge in [-0.2, -0.15) is 0 Å². The Morgan fingerprint density at radius 3 is 2.96 bits per heavy atom. The Hall–Kier alpha value is -1.34. The Balaban J connectivity index is 1.87. The molecule has 0 saturated carbocycles. The van der Waals surface area contributed by atoms with Gasteiger partial charge >= 0.3 is 0 Å². The van der Waals surface area contributed by atoms with Gasteiger partial charge in [-0.1, -0.05) is 32.0 Å². The molecule has 1 amide bonds. The van der Waals surface area contributed by atoms with E-state index in [1.54, 1.807) is 15.9 Å². The molecule has 0 radical (unpaired) electrons. The van der Waals surface area contributed by atoms with Gasteiger partial charge in [-0.25, -0.2) is 4.98 Å². The Kier molecular flexibility index (Phi) is 6.40. The molecule has 0 unspecified atom stereocenters. The largest absolute Gasteiger partial charge is 0.355 e. The number of nitrogens with one attached hydrogen (secondary N) is 1. The van der Waals surface area contributed by atoms with Gasteiger partial charge in [-0.15, -0.1) is 11.3 Å². The van der Waals surface area contributed by atoms with E-state index in [1.807, 2.05) is 6.92 Å². The summed E-state index contributed by atoms with van der Waals surface area (Å²) in [6.07, 6.45) is 5.20. The topological polar surface area (TPSA) is 64.0 Å². The molecule has 1 aliphatic rings. The van der Waals surface area contributed by atoms with Crippen LogP contribution in [-0.2, 0) is 24.2 Å². The maximum Gasteiger partial charge on any atom is 0.263 e. The summed E-state index contributed by atoms with van der Waals surface area (Å²) in [5.74, 6) is 0.966. The zero-order valence-corrected chi connectivity index (χ0v) is 17.4. The molecular weight excluding hydrogens is 366 g/mol. The van der Waals surface area contributed by atoms with Gasteiger partial charge in [0, 0.05) is 18.0 Å². The highest BCUT2D eigenvalue weighted by molar-refractivity contribution is 7.99. The molecule has 1 aliphatic carbocycles. The fraction of sp³-hybridized carbons (Fsp3) is 0.632. The molecule has 142 valence electrons. The van der Waals surface area contributed by atoms with E-state index in [1.165, 1.54) is 22.2 Å². The maximum atomic E-state index is 13.1. The molecule has 0 fully saturated rings. The number of thiophene rings is 1. The van der Waals surface area contributed by atoms with Crippen LogP contribution in [0.25, 0.3) is 10.2 Å². The second kappa shape index (κ2) is 8.57. The molecule has 2 aromatic rings.